The number of rotatable bonds is 7. The van der Waals surface area contributed by atoms with Crippen molar-refractivity contribution in [2.45, 2.75) is 6.92 Å². The van der Waals surface area contributed by atoms with Crippen molar-refractivity contribution >= 4 is 17.8 Å². The van der Waals surface area contributed by atoms with Crippen LogP contribution in [-0.4, -0.2) is 75.0 Å². The summed E-state index contributed by atoms with van der Waals surface area (Å²) in [6.45, 7) is 6.24. The first kappa shape index (κ1) is 22.7. The van der Waals surface area contributed by atoms with E-state index in [0.29, 0.717) is 47.2 Å². The van der Waals surface area contributed by atoms with Crippen molar-refractivity contribution in [1.82, 2.24) is 9.80 Å². The molecule has 1 saturated heterocycles. The molecule has 2 aliphatic rings. The van der Waals surface area contributed by atoms with Gasteiger partial charge in [-0.05, 0) is 36.9 Å². The number of piperazine rings is 1. The molecule has 2 aromatic carbocycles. The number of hydrogen-bond donors (Lipinski definition) is 0. The molecule has 0 N–H and O–H groups in total. The summed E-state index contributed by atoms with van der Waals surface area (Å²) in [5.74, 6) is 2.02. The molecule has 8 heteroatoms. The SMILES string of the molecule is CCN1CCN(C(=O)COc2ccc3c(c2)OC(=Cc2ccc(OC)cc2OC)C3=O)CC1. The van der Waals surface area contributed by atoms with Gasteiger partial charge in [-0.2, -0.15) is 0 Å². The van der Waals surface area contributed by atoms with Gasteiger partial charge < -0.3 is 28.7 Å². The summed E-state index contributed by atoms with van der Waals surface area (Å²) in [5, 5.41) is 0. The average molecular weight is 453 g/mol. The predicted molar refractivity (Wildman–Crippen MR) is 123 cm³/mol. The minimum absolute atomic E-state index is 0.0459. The van der Waals surface area contributed by atoms with Gasteiger partial charge in [0.2, 0.25) is 5.78 Å². The number of benzene rings is 2. The molecule has 0 bridgehead atoms. The minimum atomic E-state index is -0.223. The number of ketones is 1. The number of carbonyl (C=O) groups is 2. The highest BCUT2D eigenvalue weighted by atomic mass is 16.5. The maximum Gasteiger partial charge on any atom is 0.260 e. The Kier molecular flexibility index (Phi) is 6.84. The maximum atomic E-state index is 12.8. The van der Waals surface area contributed by atoms with E-state index in [-0.39, 0.29) is 24.1 Å². The molecule has 33 heavy (non-hydrogen) atoms. The molecular weight excluding hydrogens is 424 g/mol. The number of methoxy groups -OCH3 is 2. The van der Waals surface area contributed by atoms with Gasteiger partial charge in [-0.15, -0.1) is 0 Å². The summed E-state index contributed by atoms with van der Waals surface area (Å²) >= 11 is 0. The van der Waals surface area contributed by atoms with Crippen LogP contribution in [0.1, 0.15) is 22.8 Å². The van der Waals surface area contributed by atoms with E-state index >= 15 is 0 Å². The first-order chi connectivity index (χ1) is 16.0. The van der Waals surface area contributed by atoms with E-state index in [1.54, 1.807) is 56.7 Å². The second-order valence-corrected chi connectivity index (χ2v) is 7.81. The van der Waals surface area contributed by atoms with Crippen molar-refractivity contribution in [2.75, 3.05) is 53.6 Å². The van der Waals surface area contributed by atoms with Crippen molar-refractivity contribution in [3.8, 4) is 23.0 Å². The van der Waals surface area contributed by atoms with Gasteiger partial charge >= 0.3 is 0 Å². The van der Waals surface area contributed by atoms with Crippen molar-refractivity contribution in [3.05, 3.63) is 53.3 Å². The van der Waals surface area contributed by atoms with Crippen LogP contribution in [0.4, 0.5) is 0 Å². The highest BCUT2D eigenvalue weighted by Gasteiger charge is 2.28. The number of Topliss-reactive ketones (excluding diaryl/α,β-unsaturated/α-hetero) is 1. The smallest absolute Gasteiger partial charge is 0.260 e. The molecule has 2 aromatic rings. The van der Waals surface area contributed by atoms with Crippen molar-refractivity contribution in [2.24, 2.45) is 0 Å². The number of amides is 1. The zero-order valence-corrected chi connectivity index (χ0v) is 19.1. The van der Waals surface area contributed by atoms with Gasteiger partial charge in [0.25, 0.3) is 5.91 Å². The molecule has 0 aromatic heterocycles. The quantitative estimate of drug-likeness (QED) is 0.598. The van der Waals surface area contributed by atoms with Gasteiger partial charge in [0, 0.05) is 43.9 Å². The first-order valence-corrected chi connectivity index (χ1v) is 11.0. The van der Waals surface area contributed by atoms with Crippen LogP contribution in [0.3, 0.4) is 0 Å². The zero-order valence-electron chi connectivity index (χ0n) is 19.1. The number of likely N-dealkylation sites (N-methyl/N-ethyl adjacent to an activating group) is 1. The number of ether oxygens (including phenoxy) is 4. The monoisotopic (exact) mass is 452 g/mol. The van der Waals surface area contributed by atoms with Gasteiger partial charge in [0.1, 0.15) is 23.0 Å². The lowest BCUT2D eigenvalue weighted by molar-refractivity contribution is -0.135. The zero-order chi connectivity index (χ0) is 23.4. The molecule has 174 valence electrons. The molecule has 2 aliphatic heterocycles. The number of allylic oxidation sites excluding steroid dienone is 1. The van der Waals surface area contributed by atoms with Crippen LogP contribution in [-0.2, 0) is 4.79 Å². The Balaban J connectivity index is 1.42. The summed E-state index contributed by atoms with van der Waals surface area (Å²) in [5.41, 5.74) is 1.14. The van der Waals surface area contributed by atoms with Crippen LogP contribution in [0.25, 0.3) is 6.08 Å². The largest absolute Gasteiger partial charge is 0.497 e. The van der Waals surface area contributed by atoms with E-state index in [0.717, 1.165) is 19.6 Å². The first-order valence-electron chi connectivity index (χ1n) is 11.0. The topological polar surface area (TPSA) is 77.5 Å². The average Bonchev–Trinajstić information content (AvgIpc) is 3.17. The lowest BCUT2D eigenvalue weighted by Gasteiger charge is -2.33. The molecule has 0 radical (unpaired) electrons. The summed E-state index contributed by atoms with van der Waals surface area (Å²) in [6, 6.07) is 10.3. The van der Waals surface area contributed by atoms with Crippen LogP contribution >= 0.6 is 0 Å². The molecule has 0 saturated carbocycles. The lowest BCUT2D eigenvalue weighted by Crippen LogP contribution is -2.49. The Bertz CT molecular complexity index is 1070. The molecule has 0 spiro atoms. The van der Waals surface area contributed by atoms with Crippen molar-refractivity contribution in [3.63, 3.8) is 0 Å². The minimum Gasteiger partial charge on any atom is -0.497 e. The van der Waals surface area contributed by atoms with E-state index in [4.69, 9.17) is 18.9 Å². The molecule has 1 amide bonds. The third kappa shape index (κ3) is 4.96. The van der Waals surface area contributed by atoms with E-state index in [1.807, 2.05) is 4.90 Å². The maximum absolute atomic E-state index is 12.8. The normalized spacial score (nSPS) is 17.0. The number of nitrogens with zero attached hydrogens (tertiary/aromatic N) is 2. The number of hydrogen-bond acceptors (Lipinski definition) is 7. The van der Waals surface area contributed by atoms with Crippen LogP contribution in [0.2, 0.25) is 0 Å². The number of fused-ring (bicyclic) bond motifs is 1. The molecule has 4 rings (SSSR count). The molecule has 1 fully saturated rings. The number of carbonyl (C=O) groups excluding carboxylic acids is 2. The van der Waals surface area contributed by atoms with Gasteiger partial charge in [0.15, 0.2) is 12.4 Å². The summed E-state index contributed by atoms with van der Waals surface area (Å²) < 4.78 is 22.1. The highest BCUT2D eigenvalue weighted by molar-refractivity contribution is 6.14. The predicted octanol–water partition coefficient (Wildman–Crippen LogP) is 2.86. The lowest BCUT2D eigenvalue weighted by atomic mass is 10.1. The summed E-state index contributed by atoms with van der Waals surface area (Å²) in [7, 11) is 3.13. The third-order valence-corrected chi connectivity index (χ3v) is 5.90. The third-order valence-electron chi connectivity index (χ3n) is 5.90. The summed E-state index contributed by atoms with van der Waals surface area (Å²) in [6.07, 6.45) is 1.64. The van der Waals surface area contributed by atoms with Gasteiger partial charge in [-0.1, -0.05) is 6.92 Å². The fraction of sp³-hybridized carbons (Fsp3) is 0.360. The second kappa shape index (κ2) is 9.95. The molecule has 0 unspecified atom stereocenters. The molecular formula is C25H28N2O6. The molecule has 2 heterocycles. The second-order valence-electron chi connectivity index (χ2n) is 7.81. The fourth-order valence-electron chi connectivity index (χ4n) is 3.89. The Hall–Kier alpha value is -3.52. The molecule has 8 nitrogen and oxygen atoms in total. The van der Waals surface area contributed by atoms with Crippen LogP contribution < -0.4 is 18.9 Å². The Morgan fingerprint density at radius 2 is 1.79 bits per heavy atom. The van der Waals surface area contributed by atoms with Crippen LogP contribution in [0, 0.1) is 0 Å². The van der Waals surface area contributed by atoms with E-state index in [1.165, 1.54) is 0 Å². The van der Waals surface area contributed by atoms with Gasteiger partial charge in [-0.25, -0.2) is 0 Å². The molecule has 0 atom stereocenters. The Morgan fingerprint density at radius 1 is 1.03 bits per heavy atom. The Morgan fingerprint density at radius 3 is 2.48 bits per heavy atom. The van der Waals surface area contributed by atoms with E-state index < -0.39 is 0 Å². The fourth-order valence-corrected chi connectivity index (χ4v) is 3.89. The van der Waals surface area contributed by atoms with Gasteiger partial charge in [0.05, 0.1) is 19.8 Å². The van der Waals surface area contributed by atoms with Crippen molar-refractivity contribution in [1.29, 1.82) is 0 Å². The standard InChI is InChI=1S/C25H28N2O6/c1-4-26-9-11-27(12-10-26)24(28)16-32-19-7-8-20-22(15-19)33-23(25(20)29)13-17-5-6-18(30-2)14-21(17)31-3/h5-8,13-15H,4,9-12,16H2,1-3H3. The Labute approximate surface area is 193 Å². The summed E-state index contributed by atoms with van der Waals surface area (Å²) in [4.78, 5) is 29.4. The van der Waals surface area contributed by atoms with Crippen LogP contribution in [0.15, 0.2) is 42.2 Å². The highest BCUT2D eigenvalue weighted by Crippen LogP contribution is 2.36. The molecule has 0 aliphatic carbocycles. The van der Waals surface area contributed by atoms with E-state index in [2.05, 4.69) is 11.8 Å². The van der Waals surface area contributed by atoms with Crippen LogP contribution in [0.5, 0.6) is 23.0 Å². The van der Waals surface area contributed by atoms with Gasteiger partial charge in [-0.3, -0.25) is 9.59 Å². The van der Waals surface area contributed by atoms with E-state index in [9.17, 15) is 9.59 Å². The van der Waals surface area contributed by atoms with Crippen molar-refractivity contribution < 1.29 is 28.5 Å².